The van der Waals surface area contributed by atoms with Crippen molar-refractivity contribution in [3.63, 3.8) is 0 Å². The number of rotatable bonds is 4. The summed E-state index contributed by atoms with van der Waals surface area (Å²) in [6.07, 6.45) is 0.309. The maximum Gasteiger partial charge on any atom is 0.255 e. The molecule has 0 fully saturated rings. The fourth-order valence-corrected chi connectivity index (χ4v) is 4.56. The number of nitrogens with one attached hydrogen (secondary N) is 2. The maximum atomic E-state index is 12.6. The van der Waals surface area contributed by atoms with Crippen molar-refractivity contribution in [1.29, 1.82) is 0 Å². The molecule has 0 saturated carbocycles. The number of anilines is 2. The molecule has 0 saturated heterocycles. The van der Waals surface area contributed by atoms with Crippen LogP contribution in [-0.4, -0.2) is 16.8 Å². The third-order valence-electron chi connectivity index (χ3n) is 5.31. The summed E-state index contributed by atoms with van der Waals surface area (Å²) in [4.78, 5) is 28.9. The highest BCUT2D eigenvalue weighted by Crippen LogP contribution is 2.31. The van der Waals surface area contributed by atoms with Crippen LogP contribution in [-0.2, 0) is 11.2 Å². The molecule has 5 rings (SSSR count). The van der Waals surface area contributed by atoms with Crippen LogP contribution in [0.5, 0.6) is 0 Å². The first-order chi connectivity index (χ1) is 15.1. The van der Waals surface area contributed by atoms with Crippen molar-refractivity contribution in [2.24, 2.45) is 0 Å². The second kappa shape index (κ2) is 7.81. The van der Waals surface area contributed by atoms with E-state index in [-0.39, 0.29) is 11.8 Å². The molecular weight excluding hydrogens is 406 g/mol. The Hall–Kier alpha value is -3.77. The Bertz CT molecular complexity index is 1310. The van der Waals surface area contributed by atoms with E-state index in [0.717, 1.165) is 33.1 Å². The lowest BCUT2D eigenvalue weighted by molar-refractivity contribution is -0.115. The van der Waals surface area contributed by atoms with E-state index in [0.29, 0.717) is 17.7 Å². The van der Waals surface area contributed by atoms with Gasteiger partial charge in [0, 0.05) is 33.4 Å². The Morgan fingerprint density at radius 3 is 2.68 bits per heavy atom. The summed E-state index contributed by atoms with van der Waals surface area (Å²) in [5.41, 5.74) is 7.12. The van der Waals surface area contributed by atoms with Crippen LogP contribution >= 0.6 is 11.3 Å². The van der Waals surface area contributed by atoms with Gasteiger partial charge in [-0.1, -0.05) is 36.4 Å². The first-order valence-corrected chi connectivity index (χ1v) is 10.8. The van der Waals surface area contributed by atoms with Gasteiger partial charge < -0.3 is 10.6 Å². The van der Waals surface area contributed by atoms with Gasteiger partial charge >= 0.3 is 0 Å². The summed E-state index contributed by atoms with van der Waals surface area (Å²) in [5.74, 6) is -0.249. The summed E-state index contributed by atoms with van der Waals surface area (Å²) in [6, 6.07) is 21.1. The van der Waals surface area contributed by atoms with Gasteiger partial charge in [0.1, 0.15) is 5.01 Å². The van der Waals surface area contributed by atoms with Crippen molar-refractivity contribution in [3.05, 3.63) is 88.8 Å². The number of hydrogen-bond donors (Lipinski definition) is 2. The predicted molar refractivity (Wildman–Crippen MR) is 124 cm³/mol. The number of fused-ring (bicyclic) bond motifs is 1. The molecule has 0 unspecified atom stereocenters. The van der Waals surface area contributed by atoms with Crippen molar-refractivity contribution < 1.29 is 9.59 Å². The van der Waals surface area contributed by atoms with Crippen LogP contribution in [0.3, 0.4) is 0 Å². The molecule has 31 heavy (non-hydrogen) atoms. The zero-order chi connectivity index (χ0) is 21.4. The van der Waals surface area contributed by atoms with Crippen LogP contribution < -0.4 is 10.6 Å². The molecule has 2 amide bonds. The molecule has 6 heteroatoms. The van der Waals surface area contributed by atoms with Crippen molar-refractivity contribution in [1.82, 2.24) is 4.98 Å². The maximum absolute atomic E-state index is 12.6. The quantitative estimate of drug-likeness (QED) is 0.451. The zero-order valence-corrected chi connectivity index (χ0v) is 17.6. The van der Waals surface area contributed by atoms with Gasteiger partial charge in [0.05, 0.1) is 12.1 Å². The van der Waals surface area contributed by atoms with Gasteiger partial charge in [-0.05, 0) is 48.4 Å². The third kappa shape index (κ3) is 3.85. The SMILES string of the molecule is Cc1ccccc1-c1nc(-c2ccc(NC(=O)c3ccc4c(c3)CC(=O)N4)cc2)cs1. The highest BCUT2D eigenvalue weighted by Gasteiger charge is 2.19. The first-order valence-electron chi connectivity index (χ1n) is 9.93. The molecule has 3 aromatic carbocycles. The molecule has 0 radical (unpaired) electrons. The molecule has 5 nitrogen and oxygen atoms in total. The molecule has 2 N–H and O–H groups in total. The van der Waals surface area contributed by atoms with Gasteiger partial charge in [-0.2, -0.15) is 0 Å². The molecule has 0 spiro atoms. The zero-order valence-electron chi connectivity index (χ0n) is 16.8. The fraction of sp³-hybridized carbons (Fsp3) is 0.0800. The molecule has 1 aromatic heterocycles. The van der Waals surface area contributed by atoms with Crippen LogP contribution in [0, 0.1) is 6.92 Å². The number of nitrogens with zero attached hydrogens (tertiary/aromatic N) is 1. The van der Waals surface area contributed by atoms with Crippen molar-refractivity contribution >= 4 is 34.5 Å². The fourth-order valence-electron chi connectivity index (χ4n) is 3.64. The van der Waals surface area contributed by atoms with E-state index in [1.165, 1.54) is 5.56 Å². The Morgan fingerprint density at radius 1 is 1.06 bits per heavy atom. The van der Waals surface area contributed by atoms with Gasteiger partial charge in [0.15, 0.2) is 0 Å². The van der Waals surface area contributed by atoms with Crippen LogP contribution in [0.15, 0.2) is 72.1 Å². The van der Waals surface area contributed by atoms with Gasteiger partial charge in [-0.25, -0.2) is 4.98 Å². The smallest absolute Gasteiger partial charge is 0.255 e. The highest BCUT2D eigenvalue weighted by atomic mass is 32.1. The minimum atomic E-state index is -0.203. The molecule has 4 aromatic rings. The lowest BCUT2D eigenvalue weighted by Gasteiger charge is -2.07. The molecule has 0 atom stereocenters. The highest BCUT2D eigenvalue weighted by molar-refractivity contribution is 7.13. The number of aryl methyl sites for hydroxylation is 1. The summed E-state index contributed by atoms with van der Waals surface area (Å²) in [5, 5.41) is 8.74. The lowest BCUT2D eigenvalue weighted by Crippen LogP contribution is -2.12. The third-order valence-corrected chi connectivity index (χ3v) is 6.19. The molecule has 1 aliphatic heterocycles. The molecular formula is C25H19N3O2S. The second-order valence-corrected chi connectivity index (χ2v) is 8.34. The monoisotopic (exact) mass is 425 g/mol. The number of carbonyl (C=O) groups excluding carboxylic acids is 2. The number of hydrogen-bond acceptors (Lipinski definition) is 4. The summed E-state index contributed by atoms with van der Waals surface area (Å²) >= 11 is 1.62. The molecule has 1 aliphatic rings. The normalized spacial score (nSPS) is 12.4. The average Bonchev–Trinajstić information content (AvgIpc) is 3.40. The summed E-state index contributed by atoms with van der Waals surface area (Å²) < 4.78 is 0. The largest absolute Gasteiger partial charge is 0.326 e. The lowest BCUT2D eigenvalue weighted by atomic mass is 10.1. The van der Waals surface area contributed by atoms with Crippen LogP contribution in [0.4, 0.5) is 11.4 Å². The summed E-state index contributed by atoms with van der Waals surface area (Å²) in [7, 11) is 0. The minimum Gasteiger partial charge on any atom is -0.326 e. The van der Waals surface area contributed by atoms with Crippen molar-refractivity contribution in [2.45, 2.75) is 13.3 Å². The van der Waals surface area contributed by atoms with E-state index in [2.05, 4.69) is 35.1 Å². The predicted octanol–water partition coefficient (Wildman–Crippen LogP) is 5.53. The minimum absolute atomic E-state index is 0.0456. The number of benzene rings is 3. The molecule has 0 aliphatic carbocycles. The second-order valence-electron chi connectivity index (χ2n) is 7.48. The van der Waals surface area contributed by atoms with Crippen LogP contribution in [0.2, 0.25) is 0 Å². The summed E-state index contributed by atoms with van der Waals surface area (Å²) in [6.45, 7) is 2.09. The van der Waals surface area contributed by atoms with E-state index in [4.69, 9.17) is 4.98 Å². The Labute approximate surface area is 183 Å². The van der Waals surface area contributed by atoms with E-state index in [1.807, 2.05) is 36.4 Å². The Balaban J connectivity index is 1.31. The van der Waals surface area contributed by atoms with E-state index < -0.39 is 0 Å². The average molecular weight is 426 g/mol. The Kier molecular flexibility index (Phi) is 4.84. The molecule has 0 bridgehead atoms. The molecule has 152 valence electrons. The van der Waals surface area contributed by atoms with E-state index in [9.17, 15) is 9.59 Å². The number of aromatic nitrogens is 1. The Morgan fingerprint density at radius 2 is 1.87 bits per heavy atom. The van der Waals surface area contributed by atoms with Gasteiger partial charge in [-0.3, -0.25) is 9.59 Å². The number of carbonyl (C=O) groups is 2. The number of thiazole rings is 1. The van der Waals surface area contributed by atoms with Gasteiger partial charge in [-0.15, -0.1) is 11.3 Å². The van der Waals surface area contributed by atoms with Crippen molar-refractivity contribution in [2.75, 3.05) is 10.6 Å². The van der Waals surface area contributed by atoms with E-state index in [1.54, 1.807) is 29.5 Å². The first kappa shape index (κ1) is 19.2. The van der Waals surface area contributed by atoms with Gasteiger partial charge in [0.2, 0.25) is 5.91 Å². The van der Waals surface area contributed by atoms with E-state index >= 15 is 0 Å². The number of amides is 2. The van der Waals surface area contributed by atoms with Crippen LogP contribution in [0.25, 0.3) is 21.8 Å². The van der Waals surface area contributed by atoms with Gasteiger partial charge in [0.25, 0.3) is 5.91 Å². The topological polar surface area (TPSA) is 71.1 Å². The standard InChI is InChI=1S/C25H19N3O2S/c1-15-4-2-3-5-20(15)25-28-22(14-31-25)16-6-9-19(10-7-16)26-24(30)17-8-11-21-18(12-17)13-23(29)27-21/h2-12,14H,13H2,1H3,(H,26,30)(H,27,29). The molecule has 2 heterocycles. The van der Waals surface area contributed by atoms with Crippen molar-refractivity contribution in [3.8, 4) is 21.8 Å². The van der Waals surface area contributed by atoms with Crippen LogP contribution in [0.1, 0.15) is 21.5 Å².